The molecule has 0 fully saturated rings. The molecule has 90 valence electrons. The van der Waals surface area contributed by atoms with Gasteiger partial charge in [-0.05, 0) is 18.2 Å². The van der Waals surface area contributed by atoms with Crippen LogP contribution < -0.4 is 4.90 Å². The molecular weight excluding hydrogens is 229 g/mol. The number of alkyl halides is 3. The maximum Gasteiger partial charge on any atom is 0.417 e. The molecule has 0 saturated carbocycles. The smallest absolute Gasteiger partial charge is 0.378 e. The third kappa shape index (κ3) is 2.33. The van der Waals surface area contributed by atoms with Gasteiger partial charge in [0.05, 0.1) is 11.1 Å². The van der Waals surface area contributed by atoms with Crippen LogP contribution in [-0.4, -0.2) is 19.1 Å². The predicted octanol–water partition coefficient (Wildman–Crippen LogP) is 3.32. The first kappa shape index (κ1) is 11.7. The summed E-state index contributed by atoms with van der Waals surface area (Å²) in [6, 6.07) is 6.29. The monoisotopic (exact) mass is 240 g/mol. The number of benzene rings is 1. The topological polar surface area (TPSA) is 16.1 Å². The average molecular weight is 240 g/mol. The molecule has 1 aromatic heterocycles. The zero-order chi connectivity index (χ0) is 12.6. The zero-order valence-corrected chi connectivity index (χ0v) is 9.42. The molecule has 5 heteroatoms. The van der Waals surface area contributed by atoms with Crippen molar-refractivity contribution in [2.75, 3.05) is 19.0 Å². The summed E-state index contributed by atoms with van der Waals surface area (Å²) in [7, 11) is 3.73. The van der Waals surface area contributed by atoms with Crippen LogP contribution in [0.2, 0.25) is 0 Å². The predicted molar refractivity (Wildman–Crippen MR) is 61.1 cm³/mol. The first-order valence-electron chi connectivity index (χ1n) is 5.02. The van der Waals surface area contributed by atoms with E-state index in [4.69, 9.17) is 0 Å². The van der Waals surface area contributed by atoms with Crippen LogP contribution in [0.5, 0.6) is 0 Å². The van der Waals surface area contributed by atoms with Crippen molar-refractivity contribution in [3.05, 3.63) is 36.0 Å². The van der Waals surface area contributed by atoms with Gasteiger partial charge in [0.1, 0.15) is 0 Å². The van der Waals surface area contributed by atoms with Gasteiger partial charge in [-0.25, -0.2) is 0 Å². The van der Waals surface area contributed by atoms with Crippen LogP contribution in [0.15, 0.2) is 30.5 Å². The molecule has 17 heavy (non-hydrogen) atoms. The van der Waals surface area contributed by atoms with Crippen molar-refractivity contribution in [3.63, 3.8) is 0 Å². The minimum absolute atomic E-state index is 0.491. The molecule has 0 bridgehead atoms. The van der Waals surface area contributed by atoms with Crippen molar-refractivity contribution in [2.45, 2.75) is 6.18 Å². The number of aromatic nitrogens is 1. The summed E-state index contributed by atoms with van der Waals surface area (Å²) in [6.45, 7) is 0. The molecule has 1 aromatic carbocycles. The fourth-order valence-corrected chi connectivity index (χ4v) is 1.54. The molecule has 2 rings (SSSR count). The molecule has 0 N–H and O–H groups in total. The van der Waals surface area contributed by atoms with E-state index < -0.39 is 11.7 Å². The lowest BCUT2D eigenvalue weighted by Gasteiger charge is -2.13. The summed E-state index contributed by atoms with van der Waals surface area (Å²) < 4.78 is 37.4. The minimum atomic E-state index is -4.35. The summed E-state index contributed by atoms with van der Waals surface area (Å²) in [5.41, 5.74) is 0.747. The average Bonchev–Trinajstić information content (AvgIpc) is 2.26. The van der Waals surface area contributed by atoms with Gasteiger partial charge in [0.15, 0.2) is 0 Å². The molecule has 0 spiro atoms. The normalized spacial score (nSPS) is 11.8. The quantitative estimate of drug-likeness (QED) is 0.760. The van der Waals surface area contributed by atoms with Gasteiger partial charge in [-0.3, -0.25) is 4.98 Å². The highest BCUT2D eigenvalue weighted by molar-refractivity contribution is 5.82. The zero-order valence-electron chi connectivity index (χ0n) is 9.42. The van der Waals surface area contributed by atoms with Crippen LogP contribution in [0.1, 0.15) is 5.56 Å². The lowest BCUT2D eigenvalue weighted by molar-refractivity contribution is -0.137. The Kier molecular flexibility index (Phi) is 2.69. The van der Waals surface area contributed by atoms with Crippen molar-refractivity contribution in [1.29, 1.82) is 0 Å². The highest BCUT2D eigenvalue weighted by atomic mass is 19.4. The maximum absolute atomic E-state index is 12.5. The SMILES string of the molecule is CN(C)c1ccc2cc(C(F)(F)F)cnc2c1. The van der Waals surface area contributed by atoms with Crippen LogP contribution in [0.4, 0.5) is 18.9 Å². The Labute approximate surface area is 96.7 Å². The first-order chi connectivity index (χ1) is 7.88. The van der Waals surface area contributed by atoms with E-state index >= 15 is 0 Å². The van der Waals surface area contributed by atoms with Gasteiger partial charge in [0.2, 0.25) is 0 Å². The van der Waals surface area contributed by atoms with Gasteiger partial charge >= 0.3 is 6.18 Å². The number of nitrogens with zero attached hydrogens (tertiary/aromatic N) is 2. The van der Waals surface area contributed by atoms with Gasteiger partial charge in [0.25, 0.3) is 0 Å². The second-order valence-electron chi connectivity index (χ2n) is 3.99. The summed E-state index contributed by atoms with van der Waals surface area (Å²) in [4.78, 5) is 5.72. The van der Waals surface area contributed by atoms with Crippen molar-refractivity contribution in [1.82, 2.24) is 4.98 Å². The standard InChI is InChI=1S/C12H11F3N2/c1-17(2)10-4-3-8-5-9(12(13,14)15)7-16-11(8)6-10/h3-7H,1-2H3. The van der Waals surface area contributed by atoms with E-state index in [1.807, 2.05) is 19.0 Å². The Morgan fingerprint density at radius 1 is 1.12 bits per heavy atom. The third-order valence-electron chi connectivity index (χ3n) is 2.51. The molecule has 0 saturated heterocycles. The Morgan fingerprint density at radius 3 is 2.41 bits per heavy atom. The van der Waals surface area contributed by atoms with Crippen molar-refractivity contribution >= 4 is 16.6 Å². The highest BCUT2D eigenvalue weighted by Crippen LogP contribution is 2.31. The molecule has 2 aromatic rings. The van der Waals surface area contributed by atoms with Crippen molar-refractivity contribution in [3.8, 4) is 0 Å². The Balaban J connectivity index is 2.54. The van der Waals surface area contributed by atoms with Gasteiger partial charge in [-0.1, -0.05) is 6.07 Å². The number of hydrogen-bond acceptors (Lipinski definition) is 2. The number of anilines is 1. The fourth-order valence-electron chi connectivity index (χ4n) is 1.54. The molecule has 0 aliphatic rings. The molecule has 0 unspecified atom stereocenters. The van der Waals surface area contributed by atoms with Crippen LogP contribution >= 0.6 is 0 Å². The van der Waals surface area contributed by atoms with Crippen LogP contribution in [0.3, 0.4) is 0 Å². The van der Waals surface area contributed by atoms with E-state index in [9.17, 15) is 13.2 Å². The second-order valence-corrected chi connectivity index (χ2v) is 3.99. The summed E-state index contributed by atoms with van der Waals surface area (Å²) in [5.74, 6) is 0. The summed E-state index contributed by atoms with van der Waals surface area (Å²) in [6.07, 6.45) is -3.48. The van der Waals surface area contributed by atoms with Crippen LogP contribution in [-0.2, 0) is 6.18 Å². The Hall–Kier alpha value is -1.78. The van der Waals surface area contributed by atoms with Crippen LogP contribution in [0.25, 0.3) is 10.9 Å². The minimum Gasteiger partial charge on any atom is -0.378 e. The van der Waals surface area contributed by atoms with Crippen LogP contribution in [0, 0.1) is 0 Å². The number of hydrogen-bond donors (Lipinski definition) is 0. The summed E-state index contributed by atoms with van der Waals surface area (Å²) in [5, 5.41) is 0.491. The number of pyridine rings is 1. The fraction of sp³-hybridized carbons (Fsp3) is 0.250. The highest BCUT2D eigenvalue weighted by Gasteiger charge is 2.30. The maximum atomic E-state index is 12.5. The number of fused-ring (bicyclic) bond motifs is 1. The van der Waals surface area contributed by atoms with Gasteiger partial charge in [0, 0.05) is 31.4 Å². The van der Waals surface area contributed by atoms with E-state index in [-0.39, 0.29) is 0 Å². The van der Waals surface area contributed by atoms with Gasteiger partial charge in [-0.15, -0.1) is 0 Å². The molecule has 0 atom stereocenters. The van der Waals surface area contributed by atoms with E-state index in [0.29, 0.717) is 10.9 Å². The van der Waals surface area contributed by atoms with E-state index in [1.165, 1.54) is 0 Å². The first-order valence-corrected chi connectivity index (χ1v) is 5.02. The molecule has 0 amide bonds. The second kappa shape index (κ2) is 3.91. The van der Waals surface area contributed by atoms with Gasteiger partial charge < -0.3 is 4.90 Å². The van der Waals surface area contributed by atoms with E-state index in [1.54, 1.807) is 18.2 Å². The third-order valence-corrected chi connectivity index (χ3v) is 2.51. The Morgan fingerprint density at radius 2 is 1.82 bits per heavy atom. The largest absolute Gasteiger partial charge is 0.417 e. The molecule has 1 heterocycles. The van der Waals surface area contributed by atoms with E-state index in [0.717, 1.165) is 18.0 Å². The van der Waals surface area contributed by atoms with E-state index in [2.05, 4.69) is 4.98 Å². The lowest BCUT2D eigenvalue weighted by atomic mass is 10.1. The number of rotatable bonds is 1. The molecule has 0 radical (unpaired) electrons. The van der Waals surface area contributed by atoms with Gasteiger partial charge in [-0.2, -0.15) is 13.2 Å². The molecule has 2 nitrogen and oxygen atoms in total. The lowest BCUT2D eigenvalue weighted by Crippen LogP contribution is -2.08. The molecular formula is C12H11F3N2. The Bertz CT molecular complexity index is 547. The van der Waals surface area contributed by atoms with Crippen molar-refractivity contribution < 1.29 is 13.2 Å². The molecule has 0 aliphatic heterocycles. The molecule has 0 aliphatic carbocycles. The summed E-state index contributed by atoms with van der Waals surface area (Å²) >= 11 is 0. The van der Waals surface area contributed by atoms with Crippen molar-refractivity contribution in [2.24, 2.45) is 0 Å². The number of halogens is 3.